The highest BCUT2D eigenvalue weighted by molar-refractivity contribution is 5.25. The van der Waals surface area contributed by atoms with Crippen LogP contribution in [0.4, 0.5) is 0 Å². The first-order chi connectivity index (χ1) is 5.90. The van der Waals surface area contributed by atoms with Gasteiger partial charge in [-0.25, -0.2) is 0 Å². The third-order valence-corrected chi connectivity index (χ3v) is 1.83. The van der Waals surface area contributed by atoms with Gasteiger partial charge >= 0.3 is 0 Å². The van der Waals surface area contributed by atoms with Crippen molar-refractivity contribution in [3.8, 4) is 11.8 Å². The Kier molecular flexibility index (Phi) is 4.51. The number of allylic oxidation sites excluding steroid dienone is 2. The lowest BCUT2D eigenvalue weighted by Crippen LogP contribution is -2.27. The molecule has 0 aromatic rings. The van der Waals surface area contributed by atoms with Crippen molar-refractivity contribution in [3.05, 3.63) is 24.8 Å². The second kappa shape index (κ2) is 4.89. The van der Waals surface area contributed by atoms with Gasteiger partial charge in [0.25, 0.3) is 0 Å². The van der Waals surface area contributed by atoms with Crippen molar-refractivity contribution in [2.75, 3.05) is 0 Å². The van der Waals surface area contributed by atoms with Gasteiger partial charge in [0.05, 0.1) is 0 Å². The molecule has 0 aromatic heterocycles. The summed E-state index contributed by atoms with van der Waals surface area (Å²) in [5.41, 5.74) is 0.540. The van der Waals surface area contributed by atoms with Crippen LogP contribution in [0.25, 0.3) is 0 Å². The van der Waals surface area contributed by atoms with E-state index >= 15 is 0 Å². The molecule has 13 heavy (non-hydrogen) atoms. The van der Waals surface area contributed by atoms with E-state index in [-0.39, 0.29) is 5.41 Å². The summed E-state index contributed by atoms with van der Waals surface area (Å²) in [6.07, 6.45) is 1.92. The van der Waals surface area contributed by atoms with Crippen LogP contribution in [-0.4, -0.2) is 11.2 Å². The third kappa shape index (κ3) is 4.55. The molecule has 0 rings (SSSR count). The van der Waals surface area contributed by atoms with Crippen molar-refractivity contribution in [2.45, 2.75) is 33.3 Å². The molecule has 0 saturated carbocycles. The monoisotopic (exact) mass is 178 g/mol. The molecule has 0 aliphatic heterocycles. The van der Waals surface area contributed by atoms with Gasteiger partial charge in [0.1, 0.15) is 6.10 Å². The van der Waals surface area contributed by atoms with Crippen LogP contribution < -0.4 is 0 Å². The minimum absolute atomic E-state index is 0.232. The number of hydrogen-bond acceptors (Lipinski definition) is 1. The average Bonchev–Trinajstić information content (AvgIpc) is 1.99. The normalized spacial score (nSPS) is 12.6. The van der Waals surface area contributed by atoms with Crippen LogP contribution >= 0.6 is 0 Å². The molecule has 0 bridgehead atoms. The van der Waals surface area contributed by atoms with E-state index in [1.54, 1.807) is 6.08 Å². The largest absolute Gasteiger partial charge is 0.380 e. The van der Waals surface area contributed by atoms with E-state index in [0.29, 0.717) is 0 Å². The lowest BCUT2D eigenvalue weighted by atomic mass is 9.83. The maximum absolute atomic E-state index is 9.69. The molecule has 1 heteroatoms. The van der Waals surface area contributed by atoms with Crippen molar-refractivity contribution >= 4 is 0 Å². The predicted octanol–water partition coefficient (Wildman–Crippen LogP) is 2.53. The zero-order chi connectivity index (χ0) is 10.5. The SMILES string of the molecule is C=CCC(C)(C)C(O)C#CC(=C)C. The Bertz CT molecular complexity index is 250. The Balaban J connectivity index is 4.42. The van der Waals surface area contributed by atoms with Gasteiger partial charge in [-0.2, -0.15) is 0 Å². The summed E-state index contributed by atoms with van der Waals surface area (Å²) in [4.78, 5) is 0. The van der Waals surface area contributed by atoms with Crippen LogP contribution in [0.2, 0.25) is 0 Å². The summed E-state index contributed by atoms with van der Waals surface area (Å²) < 4.78 is 0. The Hall–Kier alpha value is -1.00. The zero-order valence-corrected chi connectivity index (χ0v) is 8.72. The van der Waals surface area contributed by atoms with Crippen LogP contribution in [0.15, 0.2) is 24.8 Å². The summed E-state index contributed by atoms with van der Waals surface area (Å²) in [6, 6.07) is 0. The number of rotatable bonds is 3. The molecule has 1 unspecified atom stereocenters. The molecule has 0 aliphatic rings. The maximum atomic E-state index is 9.69. The molecule has 0 spiro atoms. The molecule has 1 N–H and O–H groups in total. The molecular weight excluding hydrogens is 160 g/mol. The summed E-state index contributed by atoms with van der Waals surface area (Å²) in [6.45, 7) is 13.0. The van der Waals surface area contributed by atoms with Crippen molar-refractivity contribution in [1.82, 2.24) is 0 Å². The van der Waals surface area contributed by atoms with Crippen LogP contribution in [0.1, 0.15) is 27.2 Å². The van der Waals surface area contributed by atoms with E-state index in [1.165, 1.54) is 0 Å². The third-order valence-electron chi connectivity index (χ3n) is 1.83. The van der Waals surface area contributed by atoms with Crippen LogP contribution in [0, 0.1) is 17.3 Å². The van der Waals surface area contributed by atoms with Gasteiger partial charge in [0.2, 0.25) is 0 Å². The van der Waals surface area contributed by atoms with E-state index < -0.39 is 6.10 Å². The molecule has 1 nitrogen and oxygen atoms in total. The first kappa shape index (κ1) is 12.0. The average molecular weight is 178 g/mol. The smallest absolute Gasteiger partial charge is 0.120 e. The van der Waals surface area contributed by atoms with Crippen molar-refractivity contribution in [3.63, 3.8) is 0 Å². The minimum atomic E-state index is -0.623. The quantitative estimate of drug-likeness (QED) is 0.520. The number of aliphatic hydroxyl groups excluding tert-OH is 1. The molecule has 0 amide bonds. The Morgan fingerprint density at radius 2 is 2.15 bits per heavy atom. The van der Waals surface area contributed by atoms with E-state index in [0.717, 1.165) is 12.0 Å². The van der Waals surface area contributed by atoms with Crippen LogP contribution in [0.3, 0.4) is 0 Å². The highest BCUT2D eigenvalue weighted by atomic mass is 16.3. The summed E-state index contributed by atoms with van der Waals surface area (Å²) in [7, 11) is 0. The molecule has 0 radical (unpaired) electrons. The van der Waals surface area contributed by atoms with Crippen molar-refractivity contribution in [2.24, 2.45) is 5.41 Å². The molecular formula is C12H18O. The summed E-state index contributed by atoms with van der Waals surface area (Å²) in [5.74, 6) is 5.55. The highest BCUT2D eigenvalue weighted by Crippen LogP contribution is 2.25. The van der Waals surface area contributed by atoms with Gasteiger partial charge in [-0.05, 0) is 18.9 Å². The molecule has 0 saturated heterocycles. The Morgan fingerprint density at radius 3 is 2.54 bits per heavy atom. The van der Waals surface area contributed by atoms with Crippen LogP contribution in [0.5, 0.6) is 0 Å². The lowest BCUT2D eigenvalue weighted by molar-refractivity contribution is 0.101. The first-order valence-electron chi connectivity index (χ1n) is 4.36. The molecule has 0 aliphatic carbocycles. The molecule has 0 aromatic carbocycles. The lowest BCUT2D eigenvalue weighted by Gasteiger charge is -2.25. The van der Waals surface area contributed by atoms with E-state index in [2.05, 4.69) is 25.0 Å². The van der Waals surface area contributed by atoms with Crippen molar-refractivity contribution in [1.29, 1.82) is 0 Å². The van der Waals surface area contributed by atoms with Gasteiger partial charge in [-0.15, -0.1) is 6.58 Å². The van der Waals surface area contributed by atoms with Gasteiger partial charge in [-0.3, -0.25) is 0 Å². The summed E-state index contributed by atoms with van der Waals surface area (Å²) >= 11 is 0. The second-order valence-corrected chi connectivity index (χ2v) is 3.93. The summed E-state index contributed by atoms with van der Waals surface area (Å²) in [5, 5.41) is 9.69. The van der Waals surface area contributed by atoms with E-state index in [1.807, 2.05) is 20.8 Å². The fraction of sp³-hybridized carbons (Fsp3) is 0.500. The zero-order valence-electron chi connectivity index (χ0n) is 8.72. The fourth-order valence-electron chi connectivity index (χ4n) is 0.871. The van der Waals surface area contributed by atoms with Gasteiger partial charge in [0, 0.05) is 5.41 Å². The maximum Gasteiger partial charge on any atom is 0.120 e. The topological polar surface area (TPSA) is 20.2 Å². The van der Waals surface area contributed by atoms with Crippen molar-refractivity contribution < 1.29 is 5.11 Å². The Labute approximate surface area is 81.2 Å². The van der Waals surface area contributed by atoms with Gasteiger partial charge in [0.15, 0.2) is 0 Å². The number of aliphatic hydroxyl groups is 1. The second-order valence-electron chi connectivity index (χ2n) is 3.93. The molecule has 0 fully saturated rings. The first-order valence-corrected chi connectivity index (χ1v) is 4.36. The molecule has 1 atom stereocenters. The Morgan fingerprint density at radius 1 is 1.62 bits per heavy atom. The standard InChI is InChI=1S/C12H18O/c1-6-9-12(4,5)11(13)8-7-10(2)3/h6,11,13H,1-2,9H2,3-5H3. The number of hydrogen-bond donors (Lipinski definition) is 1. The highest BCUT2D eigenvalue weighted by Gasteiger charge is 2.24. The molecule has 72 valence electrons. The van der Waals surface area contributed by atoms with E-state index in [9.17, 15) is 5.11 Å². The molecule has 0 heterocycles. The predicted molar refractivity (Wildman–Crippen MR) is 57.2 cm³/mol. The van der Waals surface area contributed by atoms with Gasteiger partial charge in [-0.1, -0.05) is 38.3 Å². The minimum Gasteiger partial charge on any atom is -0.380 e. The van der Waals surface area contributed by atoms with E-state index in [4.69, 9.17) is 0 Å². The van der Waals surface area contributed by atoms with Crippen LogP contribution in [-0.2, 0) is 0 Å². The van der Waals surface area contributed by atoms with Gasteiger partial charge < -0.3 is 5.11 Å². The fourth-order valence-corrected chi connectivity index (χ4v) is 0.871.